The number of fused-ring (bicyclic) bond motifs is 1. The van der Waals surface area contributed by atoms with Gasteiger partial charge in [-0.05, 0) is 42.0 Å². The summed E-state index contributed by atoms with van der Waals surface area (Å²) in [6.07, 6.45) is 3.98. The van der Waals surface area contributed by atoms with E-state index in [1.807, 2.05) is 31.3 Å². The molecule has 5 nitrogen and oxygen atoms in total. The molecule has 3 aromatic rings. The highest BCUT2D eigenvalue weighted by Gasteiger charge is 2.38. The number of carbonyl (C=O) groups is 1. The highest BCUT2D eigenvalue weighted by molar-refractivity contribution is 5.81. The largest absolute Gasteiger partial charge is 0.370 e. The van der Waals surface area contributed by atoms with E-state index in [4.69, 9.17) is 0 Å². The molecule has 1 fully saturated rings. The van der Waals surface area contributed by atoms with Gasteiger partial charge in [0.25, 0.3) is 0 Å². The summed E-state index contributed by atoms with van der Waals surface area (Å²) in [5, 5.41) is 4.20. The fourth-order valence-corrected chi connectivity index (χ4v) is 3.62. The third-order valence-electron chi connectivity index (χ3n) is 4.94. The first-order valence-electron chi connectivity index (χ1n) is 8.57. The first-order chi connectivity index (χ1) is 12.6. The molecule has 0 aliphatic carbocycles. The number of halogens is 1. The van der Waals surface area contributed by atoms with Crippen LogP contribution in [0.3, 0.4) is 0 Å². The summed E-state index contributed by atoms with van der Waals surface area (Å²) in [5.74, 6) is 0.633. The molecular weight excluding hydrogens is 331 g/mol. The quantitative estimate of drug-likeness (QED) is 0.783. The number of anilines is 1. The van der Waals surface area contributed by atoms with E-state index in [9.17, 15) is 9.18 Å². The number of amides is 1. The van der Waals surface area contributed by atoms with Crippen LogP contribution in [0.5, 0.6) is 0 Å². The van der Waals surface area contributed by atoms with E-state index in [-0.39, 0.29) is 23.7 Å². The summed E-state index contributed by atoms with van der Waals surface area (Å²) >= 11 is 0. The van der Waals surface area contributed by atoms with Gasteiger partial charge in [0.1, 0.15) is 11.6 Å². The van der Waals surface area contributed by atoms with Gasteiger partial charge in [-0.2, -0.15) is 0 Å². The molecular formula is C20H19FN4O. The Morgan fingerprint density at radius 3 is 2.77 bits per heavy atom. The molecule has 1 aliphatic heterocycles. The van der Waals surface area contributed by atoms with Gasteiger partial charge in [-0.15, -0.1) is 0 Å². The van der Waals surface area contributed by atoms with Gasteiger partial charge >= 0.3 is 0 Å². The number of carbonyl (C=O) groups excluding carboxylic acids is 1. The van der Waals surface area contributed by atoms with Gasteiger partial charge in [-0.1, -0.05) is 0 Å². The van der Waals surface area contributed by atoms with Crippen LogP contribution in [0.2, 0.25) is 0 Å². The Hall–Kier alpha value is -3.02. The van der Waals surface area contributed by atoms with Crippen molar-refractivity contribution in [3.05, 3.63) is 66.2 Å². The topological polar surface area (TPSA) is 58.1 Å². The number of hydrogen-bond donors (Lipinski definition) is 1. The molecule has 0 radical (unpaired) electrons. The molecule has 1 aliphatic rings. The Balaban J connectivity index is 1.53. The number of nitrogens with one attached hydrogen (secondary N) is 1. The summed E-state index contributed by atoms with van der Waals surface area (Å²) in [5.41, 5.74) is 1.69. The summed E-state index contributed by atoms with van der Waals surface area (Å²) in [7, 11) is 1.84. The van der Waals surface area contributed by atoms with Crippen LogP contribution in [0.25, 0.3) is 10.9 Å². The van der Waals surface area contributed by atoms with E-state index in [0.29, 0.717) is 24.3 Å². The van der Waals surface area contributed by atoms with Crippen LogP contribution in [0.4, 0.5) is 10.2 Å². The van der Waals surface area contributed by atoms with Crippen LogP contribution >= 0.6 is 0 Å². The number of hydrogen-bond acceptors (Lipinski definition) is 4. The van der Waals surface area contributed by atoms with Crippen molar-refractivity contribution in [3.63, 3.8) is 0 Å². The molecule has 0 spiro atoms. The van der Waals surface area contributed by atoms with Gasteiger partial charge in [-0.3, -0.25) is 9.78 Å². The van der Waals surface area contributed by atoms with Crippen molar-refractivity contribution in [1.82, 2.24) is 14.9 Å². The summed E-state index contributed by atoms with van der Waals surface area (Å²) in [6.45, 7) is 0.608. The van der Waals surface area contributed by atoms with Gasteiger partial charge < -0.3 is 10.2 Å². The van der Waals surface area contributed by atoms with E-state index < -0.39 is 0 Å². The predicted molar refractivity (Wildman–Crippen MR) is 98.0 cm³/mol. The van der Waals surface area contributed by atoms with Crippen LogP contribution in [0, 0.1) is 11.7 Å². The van der Waals surface area contributed by atoms with E-state index in [0.717, 1.165) is 10.9 Å². The summed E-state index contributed by atoms with van der Waals surface area (Å²) in [4.78, 5) is 22.5. The van der Waals surface area contributed by atoms with Crippen LogP contribution in [0.15, 0.2) is 54.9 Å². The predicted octanol–water partition coefficient (Wildman–Crippen LogP) is 3.40. The van der Waals surface area contributed by atoms with E-state index >= 15 is 0 Å². The highest BCUT2D eigenvalue weighted by Crippen LogP contribution is 2.36. The number of rotatable bonds is 4. The smallest absolute Gasteiger partial charge is 0.223 e. The molecule has 132 valence electrons. The molecule has 26 heavy (non-hydrogen) atoms. The zero-order valence-electron chi connectivity index (χ0n) is 14.4. The third-order valence-corrected chi connectivity index (χ3v) is 4.94. The molecule has 2 aromatic heterocycles. The van der Waals surface area contributed by atoms with Crippen LogP contribution in [0.1, 0.15) is 18.0 Å². The van der Waals surface area contributed by atoms with Gasteiger partial charge in [0.15, 0.2) is 0 Å². The molecule has 0 unspecified atom stereocenters. The molecule has 1 amide bonds. The molecule has 4 rings (SSSR count). The molecule has 1 N–H and O–H groups in total. The minimum absolute atomic E-state index is 0.0101. The zero-order chi connectivity index (χ0) is 18.1. The first-order valence-corrected chi connectivity index (χ1v) is 8.57. The minimum Gasteiger partial charge on any atom is -0.370 e. The van der Waals surface area contributed by atoms with Crippen molar-refractivity contribution in [2.45, 2.75) is 12.5 Å². The lowest BCUT2D eigenvalue weighted by atomic mass is 9.94. The summed E-state index contributed by atoms with van der Waals surface area (Å²) in [6, 6.07) is 12.3. The first kappa shape index (κ1) is 16.4. The van der Waals surface area contributed by atoms with E-state index in [1.54, 1.807) is 23.4 Å². The van der Waals surface area contributed by atoms with Crippen molar-refractivity contribution < 1.29 is 9.18 Å². The summed E-state index contributed by atoms with van der Waals surface area (Å²) < 4.78 is 13.4. The monoisotopic (exact) mass is 350 g/mol. The van der Waals surface area contributed by atoms with Crippen molar-refractivity contribution in [3.8, 4) is 0 Å². The molecule has 0 bridgehead atoms. The minimum atomic E-state index is -0.303. The highest BCUT2D eigenvalue weighted by atomic mass is 19.1. The second kappa shape index (κ2) is 6.71. The standard InChI is InChI=1S/C20H19FN4O/c1-25-19(26)10-15(20(25)14-6-8-22-9-7-14)12-23-18-5-3-13-2-4-16(21)11-17(13)24-18/h2-9,11,15,20H,10,12H2,1H3,(H,23,24)/t15-,20-/m0/s1. The molecule has 1 aromatic carbocycles. The van der Waals surface area contributed by atoms with E-state index in [2.05, 4.69) is 15.3 Å². The average molecular weight is 350 g/mol. The lowest BCUT2D eigenvalue weighted by Gasteiger charge is -2.25. The molecule has 1 saturated heterocycles. The maximum absolute atomic E-state index is 13.4. The number of pyridine rings is 2. The van der Waals surface area contributed by atoms with Crippen LogP contribution < -0.4 is 5.32 Å². The van der Waals surface area contributed by atoms with Crippen molar-refractivity contribution in [1.29, 1.82) is 0 Å². The van der Waals surface area contributed by atoms with Gasteiger partial charge in [-0.25, -0.2) is 9.37 Å². The normalized spacial score (nSPS) is 19.9. The fraction of sp³-hybridized carbons (Fsp3) is 0.250. The van der Waals surface area contributed by atoms with Crippen LogP contribution in [-0.2, 0) is 4.79 Å². The van der Waals surface area contributed by atoms with Crippen molar-refractivity contribution in [2.75, 3.05) is 18.9 Å². The lowest BCUT2D eigenvalue weighted by molar-refractivity contribution is -0.127. The van der Waals surface area contributed by atoms with Gasteiger partial charge in [0.05, 0.1) is 11.6 Å². The number of nitrogens with zero attached hydrogens (tertiary/aromatic N) is 3. The Morgan fingerprint density at radius 2 is 1.96 bits per heavy atom. The second-order valence-corrected chi connectivity index (χ2v) is 6.61. The van der Waals surface area contributed by atoms with Crippen molar-refractivity contribution in [2.24, 2.45) is 5.92 Å². The molecule has 3 heterocycles. The number of benzene rings is 1. The van der Waals surface area contributed by atoms with Gasteiger partial charge in [0.2, 0.25) is 5.91 Å². The second-order valence-electron chi connectivity index (χ2n) is 6.61. The third kappa shape index (κ3) is 3.10. The molecule has 0 saturated carbocycles. The average Bonchev–Trinajstić information content (AvgIpc) is 2.94. The maximum Gasteiger partial charge on any atom is 0.223 e. The Labute approximate surface area is 150 Å². The Bertz CT molecular complexity index is 947. The zero-order valence-corrected chi connectivity index (χ0v) is 14.4. The SMILES string of the molecule is CN1C(=O)C[C@@H](CNc2ccc3ccc(F)cc3n2)[C@@H]1c1ccncc1. The van der Waals surface area contributed by atoms with E-state index in [1.165, 1.54) is 12.1 Å². The fourth-order valence-electron chi connectivity index (χ4n) is 3.62. The van der Waals surface area contributed by atoms with Gasteiger partial charge in [0, 0.05) is 49.8 Å². The van der Waals surface area contributed by atoms with Crippen LogP contribution in [-0.4, -0.2) is 34.4 Å². The lowest BCUT2D eigenvalue weighted by Crippen LogP contribution is -2.26. The number of aromatic nitrogens is 2. The molecule has 2 atom stereocenters. The number of likely N-dealkylation sites (tertiary alicyclic amines) is 1. The van der Waals surface area contributed by atoms with Crippen molar-refractivity contribution >= 4 is 22.6 Å². The molecule has 6 heteroatoms. The Morgan fingerprint density at radius 1 is 1.19 bits per heavy atom. The maximum atomic E-state index is 13.4. The Kier molecular flexibility index (Phi) is 4.24.